The van der Waals surface area contributed by atoms with Crippen LogP contribution in [0.25, 0.3) is 0 Å². The summed E-state index contributed by atoms with van der Waals surface area (Å²) in [6, 6.07) is 3.95. The molecular weight excluding hydrogens is 240 g/mol. The summed E-state index contributed by atoms with van der Waals surface area (Å²) in [5.41, 5.74) is 1.49. The molecule has 0 unspecified atom stereocenters. The molecule has 1 aromatic rings. The summed E-state index contributed by atoms with van der Waals surface area (Å²) in [6.07, 6.45) is 8.47. The van der Waals surface area contributed by atoms with Crippen LogP contribution >= 0.6 is 11.3 Å². The van der Waals surface area contributed by atoms with Crippen LogP contribution in [0.1, 0.15) is 44.1 Å². The van der Waals surface area contributed by atoms with E-state index < -0.39 is 0 Å². The second-order valence-corrected chi connectivity index (χ2v) is 6.55. The molecule has 0 atom stereocenters. The summed E-state index contributed by atoms with van der Waals surface area (Å²) < 4.78 is 0. The Morgan fingerprint density at radius 2 is 2.06 bits per heavy atom. The zero-order valence-corrected chi connectivity index (χ0v) is 11.9. The minimum atomic E-state index is 0.812. The van der Waals surface area contributed by atoms with Crippen LogP contribution in [0.4, 0.5) is 0 Å². The van der Waals surface area contributed by atoms with E-state index in [0.717, 1.165) is 18.6 Å². The molecule has 100 valence electrons. The smallest absolute Gasteiger partial charge is 0.0245 e. The van der Waals surface area contributed by atoms with Crippen molar-refractivity contribution in [2.45, 2.75) is 57.2 Å². The highest BCUT2D eigenvalue weighted by atomic mass is 32.1. The molecule has 3 rings (SSSR count). The van der Waals surface area contributed by atoms with Crippen molar-refractivity contribution in [3.05, 3.63) is 22.4 Å². The summed E-state index contributed by atoms with van der Waals surface area (Å²) >= 11 is 1.82. The average molecular weight is 264 g/mol. The van der Waals surface area contributed by atoms with E-state index in [1.54, 1.807) is 0 Å². The van der Waals surface area contributed by atoms with Crippen LogP contribution < -0.4 is 5.32 Å². The van der Waals surface area contributed by atoms with E-state index >= 15 is 0 Å². The van der Waals surface area contributed by atoms with Crippen LogP contribution in [0, 0.1) is 0 Å². The number of nitrogens with one attached hydrogen (secondary N) is 1. The topological polar surface area (TPSA) is 15.3 Å². The van der Waals surface area contributed by atoms with E-state index in [-0.39, 0.29) is 0 Å². The Hall–Kier alpha value is -0.380. The van der Waals surface area contributed by atoms with E-state index in [0.29, 0.717) is 0 Å². The largest absolute Gasteiger partial charge is 0.313 e. The Morgan fingerprint density at radius 3 is 2.72 bits per heavy atom. The Morgan fingerprint density at radius 1 is 1.22 bits per heavy atom. The van der Waals surface area contributed by atoms with Gasteiger partial charge in [0.25, 0.3) is 0 Å². The van der Waals surface area contributed by atoms with Gasteiger partial charge in [0, 0.05) is 31.7 Å². The van der Waals surface area contributed by atoms with E-state index in [2.05, 4.69) is 27.0 Å². The van der Waals surface area contributed by atoms with Gasteiger partial charge in [0.2, 0.25) is 0 Å². The van der Waals surface area contributed by atoms with Gasteiger partial charge >= 0.3 is 0 Å². The first kappa shape index (κ1) is 12.6. The molecule has 3 heteroatoms. The van der Waals surface area contributed by atoms with E-state index in [4.69, 9.17) is 0 Å². The predicted molar refractivity (Wildman–Crippen MR) is 78.0 cm³/mol. The van der Waals surface area contributed by atoms with Crippen LogP contribution in [0.2, 0.25) is 0 Å². The molecule has 0 saturated heterocycles. The van der Waals surface area contributed by atoms with Crippen molar-refractivity contribution in [1.82, 2.24) is 10.2 Å². The van der Waals surface area contributed by atoms with Crippen molar-refractivity contribution in [1.29, 1.82) is 0 Å². The third-order valence-electron chi connectivity index (χ3n) is 4.22. The SMILES string of the molecule is c1cc(CN(CCNC2CCCC2)C2CC2)cs1. The van der Waals surface area contributed by atoms with Crippen molar-refractivity contribution in [3.63, 3.8) is 0 Å². The Labute approximate surface area is 114 Å². The van der Waals surface area contributed by atoms with E-state index in [1.165, 1.54) is 57.2 Å². The van der Waals surface area contributed by atoms with Crippen molar-refractivity contribution in [3.8, 4) is 0 Å². The Bertz CT molecular complexity index is 339. The second-order valence-electron chi connectivity index (χ2n) is 5.77. The van der Waals surface area contributed by atoms with Crippen molar-refractivity contribution >= 4 is 11.3 Å². The molecule has 0 aliphatic heterocycles. The quantitative estimate of drug-likeness (QED) is 0.813. The summed E-state index contributed by atoms with van der Waals surface area (Å²) in [4.78, 5) is 2.67. The summed E-state index contributed by atoms with van der Waals surface area (Å²) in [5, 5.41) is 8.22. The zero-order chi connectivity index (χ0) is 12.2. The molecule has 1 aromatic heterocycles. The molecule has 18 heavy (non-hydrogen) atoms. The normalized spacial score (nSPS) is 20.9. The van der Waals surface area contributed by atoms with Crippen LogP contribution in [-0.2, 0) is 6.54 Å². The highest BCUT2D eigenvalue weighted by Gasteiger charge is 2.28. The Balaban J connectivity index is 1.42. The van der Waals surface area contributed by atoms with Gasteiger partial charge in [-0.1, -0.05) is 12.8 Å². The third-order valence-corrected chi connectivity index (χ3v) is 4.95. The number of nitrogens with zero attached hydrogens (tertiary/aromatic N) is 1. The van der Waals surface area contributed by atoms with Crippen molar-refractivity contribution in [2.24, 2.45) is 0 Å². The molecule has 0 aromatic carbocycles. The minimum Gasteiger partial charge on any atom is -0.313 e. The van der Waals surface area contributed by atoms with Gasteiger partial charge in [-0.25, -0.2) is 0 Å². The van der Waals surface area contributed by atoms with Crippen LogP contribution in [0.5, 0.6) is 0 Å². The van der Waals surface area contributed by atoms with Crippen LogP contribution in [0.15, 0.2) is 16.8 Å². The van der Waals surface area contributed by atoms with Crippen molar-refractivity contribution in [2.75, 3.05) is 13.1 Å². The Kier molecular flexibility index (Phi) is 4.34. The van der Waals surface area contributed by atoms with Crippen LogP contribution in [-0.4, -0.2) is 30.1 Å². The molecule has 0 bridgehead atoms. The molecule has 1 heterocycles. The molecular formula is C15H24N2S. The lowest BCUT2D eigenvalue weighted by Crippen LogP contribution is -2.36. The van der Waals surface area contributed by atoms with Gasteiger partial charge in [0.1, 0.15) is 0 Å². The van der Waals surface area contributed by atoms with Gasteiger partial charge in [0.15, 0.2) is 0 Å². The maximum Gasteiger partial charge on any atom is 0.0245 e. The lowest BCUT2D eigenvalue weighted by atomic mass is 10.2. The molecule has 2 saturated carbocycles. The first-order chi connectivity index (χ1) is 8.92. The maximum absolute atomic E-state index is 3.74. The summed E-state index contributed by atoms with van der Waals surface area (Å²) in [6.45, 7) is 3.54. The molecule has 2 fully saturated rings. The lowest BCUT2D eigenvalue weighted by Gasteiger charge is -2.23. The van der Waals surface area contributed by atoms with Gasteiger partial charge in [-0.3, -0.25) is 4.90 Å². The predicted octanol–water partition coefficient (Wildman–Crippen LogP) is 3.24. The van der Waals surface area contributed by atoms with Crippen LogP contribution in [0.3, 0.4) is 0 Å². The molecule has 2 aliphatic rings. The monoisotopic (exact) mass is 264 g/mol. The van der Waals surface area contributed by atoms with Gasteiger partial charge < -0.3 is 5.32 Å². The van der Waals surface area contributed by atoms with Crippen molar-refractivity contribution < 1.29 is 0 Å². The second kappa shape index (κ2) is 6.18. The van der Waals surface area contributed by atoms with Gasteiger partial charge in [-0.05, 0) is 48.1 Å². The zero-order valence-electron chi connectivity index (χ0n) is 11.1. The molecule has 0 radical (unpaired) electrons. The highest BCUT2D eigenvalue weighted by molar-refractivity contribution is 7.07. The third kappa shape index (κ3) is 3.56. The number of thiophene rings is 1. The lowest BCUT2D eigenvalue weighted by molar-refractivity contribution is 0.251. The number of hydrogen-bond acceptors (Lipinski definition) is 3. The molecule has 0 spiro atoms. The van der Waals surface area contributed by atoms with Gasteiger partial charge in [0.05, 0.1) is 0 Å². The molecule has 1 N–H and O–H groups in total. The number of hydrogen-bond donors (Lipinski definition) is 1. The summed E-state index contributed by atoms with van der Waals surface area (Å²) in [5.74, 6) is 0. The fourth-order valence-electron chi connectivity index (χ4n) is 2.99. The highest BCUT2D eigenvalue weighted by Crippen LogP contribution is 2.28. The van der Waals surface area contributed by atoms with Gasteiger partial charge in [-0.15, -0.1) is 0 Å². The van der Waals surface area contributed by atoms with E-state index in [9.17, 15) is 0 Å². The first-order valence-corrected chi connectivity index (χ1v) is 8.34. The number of rotatable bonds is 7. The minimum absolute atomic E-state index is 0.812. The standard InChI is InChI=1S/C15H24N2S/c1-2-4-14(3-1)16-8-9-17(15-5-6-15)11-13-7-10-18-12-13/h7,10,12,14-16H,1-6,8-9,11H2. The molecule has 2 aliphatic carbocycles. The first-order valence-electron chi connectivity index (χ1n) is 7.40. The summed E-state index contributed by atoms with van der Waals surface area (Å²) in [7, 11) is 0. The average Bonchev–Trinajstić information content (AvgIpc) is 2.89. The fraction of sp³-hybridized carbons (Fsp3) is 0.733. The fourth-order valence-corrected chi connectivity index (χ4v) is 3.65. The molecule has 0 amide bonds. The van der Waals surface area contributed by atoms with E-state index in [1.807, 2.05) is 11.3 Å². The maximum atomic E-state index is 3.74. The molecule has 2 nitrogen and oxygen atoms in total. The van der Waals surface area contributed by atoms with Gasteiger partial charge in [-0.2, -0.15) is 11.3 Å².